The molecule has 0 fully saturated rings. The lowest BCUT2D eigenvalue weighted by atomic mass is 10.2. The molecule has 4 nitrogen and oxygen atoms in total. The topological polar surface area (TPSA) is 54.7 Å². The number of hydrogen-bond acceptors (Lipinski definition) is 3. The summed E-state index contributed by atoms with van der Waals surface area (Å²) in [5.74, 6) is 2.01. The van der Waals surface area contributed by atoms with Crippen LogP contribution >= 0.6 is 0 Å². The van der Waals surface area contributed by atoms with Gasteiger partial charge in [0.2, 0.25) is 0 Å². The molecule has 1 N–H and O–H groups in total. The van der Waals surface area contributed by atoms with Crippen molar-refractivity contribution in [2.24, 2.45) is 0 Å². The number of aromatic amines is 1. The summed E-state index contributed by atoms with van der Waals surface area (Å²) in [5, 5.41) is 7.00. The van der Waals surface area contributed by atoms with E-state index >= 15 is 0 Å². The second kappa shape index (κ2) is 3.66. The summed E-state index contributed by atoms with van der Waals surface area (Å²) in [5.41, 5.74) is 0.983. The Hall–Kier alpha value is -2.36. The number of furan rings is 1. The van der Waals surface area contributed by atoms with E-state index in [1.54, 1.807) is 6.26 Å². The van der Waals surface area contributed by atoms with Crippen LogP contribution in [0.4, 0.5) is 0 Å². The molecule has 78 valence electrons. The molecule has 0 bridgehead atoms. The predicted octanol–water partition coefficient (Wildman–Crippen LogP) is 2.73. The minimum Gasteiger partial charge on any atom is -0.461 e. The van der Waals surface area contributed by atoms with Crippen LogP contribution in [0.2, 0.25) is 0 Å². The van der Waals surface area contributed by atoms with Gasteiger partial charge in [-0.05, 0) is 12.1 Å². The Morgan fingerprint density at radius 2 is 1.88 bits per heavy atom. The first kappa shape index (κ1) is 8.91. The lowest BCUT2D eigenvalue weighted by Gasteiger charge is -1.91. The van der Waals surface area contributed by atoms with Crippen molar-refractivity contribution in [1.29, 1.82) is 0 Å². The average Bonchev–Trinajstić information content (AvgIpc) is 3.01. The molecule has 3 rings (SSSR count). The summed E-state index contributed by atoms with van der Waals surface area (Å²) in [7, 11) is 0. The summed E-state index contributed by atoms with van der Waals surface area (Å²) in [6.45, 7) is 0. The number of hydrogen-bond donors (Lipinski definition) is 1. The van der Waals surface area contributed by atoms with Crippen molar-refractivity contribution < 1.29 is 4.42 Å². The van der Waals surface area contributed by atoms with Gasteiger partial charge < -0.3 is 4.42 Å². The standard InChI is InChI=1S/C12H9N3O/c1-2-5-9(6-3-1)11-13-12(15-14-11)10-7-4-8-16-10/h1-8H,(H,13,14,15). The first-order valence-electron chi connectivity index (χ1n) is 4.95. The highest BCUT2D eigenvalue weighted by molar-refractivity contribution is 5.57. The fourth-order valence-electron chi connectivity index (χ4n) is 1.50. The van der Waals surface area contributed by atoms with E-state index in [9.17, 15) is 0 Å². The van der Waals surface area contributed by atoms with E-state index in [1.807, 2.05) is 42.5 Å². The van der Waals surface area contributed by atoms with E-state index in [2.05, 4.69) is 15.2 Å². The molecule has 0 amide bonds. The predicted molar refractivity (Wildman–Crippen MR) is 59.5 cm³/mol. The highest BCUT2D eigenvalue weighted by Gasteiger charge is 2.08. The van der Waals surface area contributed by atoms with Crippen LogP contribution in [0, 0.1) is 0 Å². The quantitative estimate of drug-likeness (QED) is 0.709. The zero-order chi connectivity index (χ0) is 10.8. The molecule has 0 unspecified atom stereocenters. The maximum atomic E-state index is 5.23. The van der Waals surface area contributed by atoms with Gasteiger partial charge in [0, 0.05) is 5.56 Å². The fraction of sp³-hybridized carbons (Fsp3) is 0. The Bertz CT molecular complexity index is 569. The smallest absolute Gasteiger partial charge is 0.192 e. The number of benzene rings is 1. The summed E-state index contributed by atoms with van der Waals surface area (Å²) in [4.78, 5) is 4.36. The molecule has 0 spiro atoms. The molecule has 0 aliphatic carbocycles. The maximum Gasteiger partial charge on any atom is 0.192 e. The lowest BCUT2D eigenvalue weighted by Crippen LogP contribution is -1.79. The van der Waals surface area contributed by atoms with Gasteiger partial charge in [0.05, 0.1) is 6.26 Å². The fourth-order valence-corrected chi connectivity index (χ4v) is 1.50. The third-order valence-corrected chi connectivity index (χ3v) is 2.27. The molecule has 2 heterocycles. The molecule has 16 heavy (non-hydrogen) atoms. The van der Waals surface area contributed by atoms with Crippen LogP contribution in [-0.2, 0) is 0 Å². The van der Waals surface area contributed by atoms with Gasteiger partial charge in [-0.25, -0.2) is 4.98 Å². The van der Waals surface area contributed by atoms with Crippen molar-refractivity contribution >= 4 is 0 Å². The van der Waals surface area contributed by atoms with Crippen LogP contribution in [0.25, 0.3) is 23.0 Å². The SMILES string of the molecule is c1ccc(-c2n[nH]c(-c3ccco3)n2)cc1. The number of nitrogens with one attached hydrogen (secondary N) is 1. The highest BCUT2D eigenvalue weighted by Crippen LogP contribution is 2.19. The Kier molecular flexibility index (Phi) is 2.04. The van der Waals surface area contributed by atoms with E-state index in [0.717, 1.165) is 5.56 Å². The highest BCUT2D eigenvalue weighted by atomic mass is 16.3. The van der Waals surface area contributed by atoms with Gasteiger partial charge in [0.25, 0.3) is 0 Å². The molecule has 3 aromatic rings. The van der Waals surface area contributed by atoms with E-state index in [4.69, 9.17) is 4.42 Å². The Morgan fingerprint density at radius 1 is 1.00 bits per heavy atom. The van der Waals surface area contributed by atoms with Crippen LogP contribution in [0.5, 0.6) is 0 Å². The van der Waals surface area contributed by atoms with Gasteiger partial charge in [-0.1, -0.05) is 30.3 Å². The van der Waals surface area contributed by atoms with E-state index in [-0.39, 0.29) is 0 Å². The Morgan fingerprint density at radius 3 is 2.62 bits per heavy atom. The van der Waals surface area contributed by atoms with Gasteiger partial charge in [0.15, 0.2) is 17.4 Å². The summed E-state index contributed by atoms with van der Waals surface area (Å²) in [6, 6.07) is 13.5. The average molecular weight is 211 g/mol. The molecular weight excluding hydrogens is 202 g/mol. The normalized spacial score (nSPS) is 10.5. The third-order valence-electron chi connectivity index (χ3n) is 2.27. The lowest BCUT2D eigenvalue weighted by molar-refractivity contribution is 0.577. The molecule has 0 aliphatic rings. The maximum absolute atomic E-state index is 5.23. The molecule has 0 atom stereocenters. The van der Waals surface area contributed by atoms with Gasteiger partial charge >= 0.3 is 0 Å². The second-order valence-electron chi connectivity index (χ2n) is 3.35. The number of aromatic nitrogens is 3. The van der Waals surface area contributed by atoms with Gasteiger partial charge in [-0.15, -0.1) is 0 Å². The van der Waals surface area contributed by atoms with E-state index in [1.165, 1.54) is 0 Å². The van der Waals surface area contributed by atoms with Crippen LogP contribution < -0.4 is 0 Å². The largest absolute Gasteiger partial charge is 0.461 e. The summed E-state index contributed by atoms with van der Waals surface area (Å²) < 4.78 is 5.23. The van der Waals surface area contributed by atoms with Crippen LogP contribution in [-0.4, -0.2) is 15.2 Å². The number of nitrogens with zero attached hydrogens (tertiary/aromatic N) is 2. The number of H-pyrrole nitrogens is 1. The molecule has 0 radical (unpaired) electrons. The minimum absolute atomic E-state index is 0.642. The zero-order valence-electron chi connectivity index (χ0n) is 8.42. The van der Waals surface area contributed by atoms with Crippen molar-refractivity contribution in [3.63, 3.8) is 0 Å². The molecule has 0 aliphatic heterocycles. The van der Waals surface area contributed by atoms with E-state index in [0.29, 0.717) is 17.4 Å². The van der Waals surface area contributed by atoms with Crippen molar-refractivity contribution in [1.82, 2.24) is 15.2 Å². The molecule has 0 saturated carbocycles. The van der Waals surface area contributed by atoms with Crippen molar-refractivity contribution in [3.05, 3.63) is 48.7 Å². The van der Waals surface area contributed by atoms with Crippen molar-refractivity contribution in [2.45, 2.75) is 0 Å². The second-order valence-corrected chi connectivity index (χ2v) is 3.35. The monoisotopic (exact) mass is 211 g/mol. The third kappa shape index (κ3) is 1.50. The van der Waals surface area contributed by atoms with E-state index < -0.39 is 0 Å². The summed E-state index contributed by atoms with van der Waals surface area (Å²) in [6.07, 6.45) is 1.61. The molecule has 1 aromatic carbocycles. The van der Waals surface area contributed by atoms with Gasteiger partial charge in [-0.3, -0.25) is 5.10 Å². The Balaban J connectivity index is 2.00. The molecular formula is C12H9N3O. The minimum atomic E-state index is 0.642. The molecule has 4 heteroatoms. The Labute approximate surface area is 92.0 Å². The van der Waals surface area contributed by atoms with Crippen molar-refractivity contribution in [3.8, 4) is 23.0 Å². The number of rotatable bonds is 2. The molecule has 2 aromatic heterocycles. The van der Waals surface area contributed by atoms with Gasteiger partial charge in [-0.2, -0.15) is 5.10 Å². The zero-order valence-corrected chi connectivity index (χ0v) is 8.42. The van der Waals surface area contributed by atoms with Crippen LogP contribution in [0.15, 0.2) is 53.1 Å². The van der Waals surface area contributed by atoms with Crippen LogP contribution in [0.1, 0.15) is 0 Å². The van der Waals surface area contributed by atoms with Gasteiger partial charge in [0.1, 0.15) is 0 Å². The summed E-state index contributed by atoms with van der Waals surface area (Å²) >= 11 is 0. The first-order chi connectivity index (χ1) is 7.93. The first-order valence-corrected chi connectivity index (χ1v) is 4.95. The van der Waals surface area contributed by atoms with Crippen LogP contribution in [0.3, 0.4) is 0 Å². The molecule has 0 saturated heterocycles. The van der Waals surface area contributed by atoms with Crippen molar-refractivity contribution in [2.75, 3.05) is 0 Å².